The quantitative estimate of drug-likeness (QED) is 0.667. The lowest BCUT2D eigenvalue weighted by Crippen LogP contribution is -3.13. The molecule has 0 saturated carbocycles. The van der Waals surface area contributed by atoms with Gasteiger partial charge >= 0.3 is 0 Å². The maximum atomic E-state index is 12.4. The summed E-state index contributed by atoms with van der Waals surface area (Å²) in [6, 6.07) is 27.0. The van der Waals surface area contributed by atoms with Gasteiger partial charge in [0.2, 0.25) is 5.91 Å². The number of benzene rings is 3. The van der Waals surface area contributed by atoms with E-state index in [0.717, 1.165) is 49.5 Å². The number of quaternary nitrogens is 1. The summed E-state index contributed by atoms with van der Waals surface area (Å²) in [5.41, 5.74) is 5.71. The molecule has 1 fully saturated rings. The zero-order chi connectivity index (χ0) is 20.8. The summed E-state index contributed by atoms with van der Waals surface area (Å²) in [4.78, 5) is 16.5. The molecule has 30 heavy (non-hydrogen) atoms. The van der Waals surface area contributed by atoms with Crippen LogP contribution in [0.2, 0.25) is 0 Å². The van der Waals surface area contributed by atoms with Gasteiger partial charge in [0.15, 0.2) is 0 Å². The fourth-order valence-corrected chi connectivity index (χ4v) is 4.08. The number of hydrogen-bond donors (Lipinski definition) is 2. The normalized spacial score (nSPS) is 14.5. The molecule has 0 radical (unpaired) electrons. The highest BCUT2D eigenvalue weighted by atomic mass is 16.1. The highest BCUT2D eigenvalue weighted by Gasteiger charge is 2.20. The van der Waals surface area contributed by atoms with Crippen molar-refractivity contribution in [2.75, 3.05) is 36.4 Å². The van der Waals surface area contributed by atoms with Crippen molar-refractivity contribution >= 4 is 17.3 Å². The number of carbonyl (C=O) groups is 1. The number of hydrogen-bond acceptors (Lipinski definition) is 2. The molecule has 1 aliphatic rings. The number of amides is 1. The predicted molar refractivity (Wildman–Crippen MR) is 123 cm³/mol. The second-order valence-electron chi connectivity index (χ2n) is 8.10. The number of piperazine rings is 1. The molecule has 1 heterocycles. The fraction of sp³-hybridized carbons (Fsp3) is 0.269. The van der Waals surface area contributed by atoms with Crippen molar-refractivity contribution in [2.24, 2.45) is 0 Å². The molecule has 0 bridgehead atoms. The summed E-state index contributed by atoms with van der Waals surface area (Å²) in [7, 11) is 0. The summed E-state index contributed by atoms with van der Waals surface area (Å²) < 4.78 is 0. The van der Waals surface area contributed by atoms with Crippen molar-refractivity contribution in [3.05, 3.63) is 95.6 Å². The van der Waals surface area contributed by atoms with E-state index in [1.54, 1.807) is 4.90 Å². The Morgan fingerprint density at radius 2 is 1.57 bits per heavy atom. The Balaban J connectivity index is 1.28. The average molecular weight is 401 g/mol. The Bertz CT molecular complexity index is 961. The van der Waals surface area contributed by atoms with Gasteiger partial charge in [0.1, 0.15) is 6.54 Å². The third-order valence-electron chi connectivity index (χ3n) is 5.90. The molecule has 4 heteroatoms. The SMILES string of the molecule is Cc1ccccc1CC(=O)Nc1ccc(N2CC[NH+](Cc3ccccc3)CC2)cc1. The first kappa shape index (κ1) is 20.2. The highest BCUT2D eigenvalue weighted by molar-refractivity contribution is 5.92. The van der Waals surface area contributed by atoms with E-state index >= 15 is 0 Å². The van der Waals surface area contributed by atoms with E-state index < -0.39 is 0 Å². The molecule has 1 saturated heterocycles. The standard InChI is InChI=1S/C26H29N3O/c1-21-7-5-6-10-23(21)19-26(30)27-24-11-13-25(14-12-24)29-17-15-28(16-18-29)20-22-8-3-2-4-9-22/h2-14H,15-20H2,1H3,(H,27,30)/p+1. The first-order chi connectivity index (χ1) is 14.7. The average Bonchev–Trinajstić information content (AvgIpc) is 2.77. The predicted octanol–water partition coefficient (Wildman–Crippen LogP) is 3.08. The summed E-state index contributed by atoms with van der Waals surface area (Å²) in [6.45, 7) is 7.54. The van der Waals surface area contributed by atoms with Crippen molar-refractivity contribution in [3.8, 4) is 0 Å². The number of carbonyl (C=O) groups excluding carboxylic acids is 1. The molecule has 0 spiro atoms. The lowest BCUT2D eigenvalue weighted by Gasteiger charge is -2.33. The maximum absolute atomic E-state index is 12.4. The molecule has 154 valence electrons. The third kappa shape index (κ3) is 5.28. The van der Waals surface area contributed by atoms with Crippen LogP contribution in [0.4, 0.5) is 11.4 Å². The zero-order valence-corrected chi connectivity index (χ0v) is 17.6. The molecule has 0 unspecified atom stereocenters. The molecule has 4 rings (SSSR count). The molecule has 2 N–H and O–H groups in total. The third-order valence-corrected chi connectivity index (χ3v) is 5.90. The van der Waals surface area contributed by atoms with Gasteiger partial charge < -0.3 is 15.1 Å². The lowest BCUT2D eigenvalue weighted by molar-refractivity contribution is -0.914. The Morgan fingerprint density at radius 3 is 2.27 bits per heavy atom. The minimum absolute atomic E-state index is 0.0233. The highest BCUT2D eigenvalue weighted by Crippen LogP contribution is 2.18. The smallest absolute Gasteiger partial charge is 0.228 e. The van der Waals surface area contributed by atoms with Crippen LogP contribution in [0.1, 0.15) is 16.7 Å². The van der Waals surface area contributed by atoms with Crippen LogP contribution in [0, 0.1) is 6.92 Å². The Morgan fingerprint density at radius 1 is 0.900 bits per heavy atom. The van der Waals surface area contributed by atoms with Crippen LogP contribution < -0.4 is 15.1 Å². The maximum Gasteiger partial charge on any atom is 0.228 e. The second-order valence-corrected chi connectivity index (χ2v) is 8.10. The summed E-state index contributed by atoms with van der Waals surface area (Å²) in [5.74, 6) is 0.0233. The van der Waals surface area contributed by atoms with Gasteiger partial charge in [0.25, 0.3) is 0 Å². The van der Waals surface area contributed by atoms with Crippen molar-refractivity contribution in [3.63, 3.8) is 0 Å². The van der Waals surface area contributed by atoms with E-state index in [2.05, 4.69) is 52.7 Å². The van der Waals surface area contributed by atoms with Gasteiger partial charge in [-0.1, -0.05) is 54.6 Å². The zero-order valence-electron chi connectivity index (χ0n) is 17.6. The summed E-state index contributed by atoms with van der Waals surface area (Å²) >= 11 is 0. The molecular formula is C26H30N3O+. The molecule has 1 aliphatic heterocycles. The van der Waals surface area contributed by atoms with Crippen molar-refractivity contribution in [1.82, 2.24) is 0 Å². The fourth-order valence-electron chi connectivity index (χ4n) is 4.08. The number of nitrogens with one attached hydrogen (secondary N) is 2. The number of aryl methyl sites for hydroxylation is 1. The van der Waals surface area contributed by atoms with Gasteiger partial charge in [-0.2, -0.15) is 0 Å². The van der Waals surface area contributed by atoms with Crippen LogP contribution in [0.15, 0.2) is 78.9 Å². The molecule has 4 nitrogen and oxygen atoms in total. The van der Waals surface area contributed by atoms with E-state index in [4.69, 9.17) is 0 Å². The van der Waals surface area contributed by atoms with Crippen LogP contribution in [0.25, 0.3) is 0 Å². The molecule has 1 amide bonds. The summed E-state index contributed by atoms with van der Waals surface area (Å²) in [5, 5.41) is 3.02. The first-order valence-corrected chi connectivity index (χ1v) is 10.7. The van der Waals surface area contributed by atoms with Crippen molar-refractivity contribution in [2.45, 2.75) is 19.9 Å². The van der Waals surface area contributed by atoms with Crippen LogP contribution in [0.3, 0.4) is 0 Å². The van der Waals surface area contributed by atoms with E-state index in [9.17, 15) is 4.79 Å². The molecule has 0 atom stereocenters. The molecule has 0 aliphatic carbocycles. The molecule has 0 aromatic heterocycles. The molecule has 3 aromatic carbocycles. The van der Waals surface area contributed by atoms with E-state index in [1.807, 2.05) is 43.3 Å². The Hall–Kier alpha value is -3.11. The van der Waals surface area contributed by atoms with E-state index in [0.29, 0.717) is 6.42 Å². The van der Waals surface area contributed by atoms with Crippen LogP contribution in [-0.2, 0) is 17.8 Å². The van der Waals surface area contributed by atoms with Crippen LogP contribution in [-0.4, -0.2) is 32.1 Å². The van der Waals surface area contributed by atoms with Crippen LogP contribution >= 0.6 is 0 Å². The van der Waals surface area contributed by atoms with Gasteiger partial charge in [-0.05, 0) is 42.3 Å². The van der Waals surface area contributed by atoms with Gasteiger partial charge in [-0.15, -0.1) is 0 Å². The topological polar surface area (TPSA) is 36.8 Å². The van der Waals surface area contributed by atoms with E-state index in [1.165, 1.54) is 11.3 Å². The van der Waals surface area contributed by atoms with Gasteiger partial charge in [0.05, 0.1) is 32.6 Å². The van der Waals surface area contributed by atoms with Gasteiger partial charge in [-0.25, -0.2) is 0 Å². The summed E-state index contributed by atoms with van der Waals surface area (Å²) in [6.07, 6.45) is 0.403. The lowest BCUT2D eigenvalue weighted by atomic mass is 10.1. The van der Waals surface area contributed by atoms with Crippen molar-refractivity contribution in [1.29, 1.82) is 0 Å². The minimum Gasteiger partial charge on any atom is -0.360 e. The van der Waals surface area contributed by atoms with E-state index in [-0.39, 0.29) is 5.91 Å². The molecule has 3 aromatic rings. The van der Waals surface area contributed by atoms with Crippen LogP contribution in [0.5, 0.6) is 0 Å². The minimum atomic E-state index is 0.0233. The molecular weight excluding hydrogens is 370 g/mol. The Labute approximate surface area is 179 Å². The number of rotatable bonds is 6. The van der Waals surface area contributed by atoms with Gasteiger partial charge in [0, 0.05) is 16.9 Å². The first-order valence-electron chi connectivity index (χ1n) is 10.7. The van der Waals surface area contributed by atoms with Crippen molar-refractivity contribution < 1.29 is 9.69 Å². The monoisotopic (exact) mass is 400 g/mol. The largest absolute Gasteiger partial charge is 0.360 e. The number of nitrogens with zero attached hydrogens (tertiary/aromatic N) is 1. The second kappa shape index (κ2) is 9.59. The van der Waals surface area contributed by atoms with Gasteiger partial charge in [-0.3, -0.25) is 4.79 Å². The Kier molecular flexibility index (Phi) is 6.45. The number of anilines is 2.